The number of β-amino-alcohol motifs (C(OH)–C–C–N with tert-alkyl or cyclic N) is 1. The molecule has 6 nitrogen and oxygen atoms in total. The molecule has 0 aromatic heterocycles. The highest BCUT2D eigenvalue weighted by Gasteiger charge is 2.36. The van der Waals surface area contributed by atoms with Crippen LogP contribution in [-0.2, 0) is 22.3 Å². The van der Waals surface area contributed by atoms with Crippen LogP contribution in [0, 0.1) is 11.8 Å². The minimum Gasteiger partial charge on any atom is -0.391 e. The summed E-state index contributed by atoms with van der Waals surface area (Å²) >= 11 is 0. The van der Waals surface area contributed by atoms with Crippen LogP contribution in [0.5, 0.6) is 0 Å². The third-order valence-electron chi connectivity index (χ3n) is 5.06. The van der Waals surface area contributed by atoms with Crippen LogP contribution in [-0.4, -0.2) is 54.1 Å². The van der Waals surface area contributed by atoms with E-state index in [4.69, 9.17) is 0 Å². The molecule has 1 aromatic carbocycles. The first-order chi connectivity index (χ1) is 12.7. The molecule has 0 radical (unpaired) electrons. The van der Waals surface area contributed by atoms with Crippen molar-refractivity contribution < 1.29 is 27.9 Å². The van der Waals surface area contributed by atoms with E-state index >= 15 is 0 Å². The highest BCUT2D eigenvalue weighted by molar-refractivity contribution is 5.89. The largest absolute Gasteiger partial charge is 0.416 e. The normalized spacial score (nSPS) is 25.9. The Kier molecular flexibility index (Phi) is 5.71. The maximum Gasteiger partial charge on any atom is 0.416 e. The molecule has 3 N–H and O–H groups in total. The Hall–Kier alpha value is -2.13. The fourth-order valence-corrected chi connectivity index (χ4v) is 3.47. The third kappa shape index (κ3) is 4.78. The number of aliphatic hydroxyl groups excluding tert-OH is 1. The summed E-state index contributed by atoms with van der Waals surface area (Å²) in [5.74, 6) is -1.12. The molecule has 9 heteroatoms. The second kappa shape index (κ2) is 7.85. The van der Waals surface area contributed by atoms with Gasteiger partial charge in [-0.05, 0) is 17.7 Å². The van der Waals surface area contributed by atoms with E-state index in [9.17, 15) is 27.9 Å². The Balaban J connectivity index is 1.55. The molecule has 0 aliphatic carbocycles. The third-order valence-corrected chi connectivity index (χ3v) is 5.06. The van der Waals surface area contributed by atoms with Gasteiger partial charge < -0.3 is 20.6 Å². The molecule has 27 heavy (non-hydrogen) atoms. The highest BCUT2D eigenvalue weighted by Crippen LogP contribution is 2.30. The number of benzene rings is 1. The van der Waals surface area contributed by atoms with Crippen molar-refractivity contribution in [3.8, 4) is 0 Å². The van der Waals surface area contributed by atoms with Gasteiger partial charge in [0.2, 0.25) is 11.8 Å². The van der Waals surface area contributed by atoms with Crippen LogP contribution in [0.2, 0.25) is 0 Å². The van der Waals surface area contributed by atoms with Crippen LogP contribution < -0.4 is 10.6 Å². The molecule has 3 atom stereocenters. The number of amides is 2. The lowest BCUT2D eigenvalue weighted by atomic mass is 10.0. The van der Waals surface area contributed by atoms with Gasteiger partial charge in [0.25, 0.3) is 0 Å². The van der Waals surface area contributed by atoms with Crippen LogP contribution in [0.3, 0.4) is 0 Å². The summed E-state index contributed by atoms with van der Waals surface area (Å²) in [7, 11) is 0. The molecule has 2 heterocycles. The monoisotopic (exact) mass is 385 g/mol. The van der Waals surface area contributed by atoms with Crippen LogP contribution in [0.4, 0.5) is 13.2 Å². The van der Waals surface area contributed by atoms with Gasteiger partial charge in [-0.25, -0.2) is 0 Å². The fourth-order valence-electron chi connectivity index (χ4n) is 3.47. The predicted molar refractivity (Wildman–Crippen MR) is 90.3 cm³/mol. The summed E-state index contributed by atoms with van der Waals surface area (Å²) in [6.07, 6.45) is -4.91. The zero-order chi connectivity index (χ0) is 19.6. The van der Waals surface area contributed by atoms with Crippen molar-refractivity contribution in [3.63, 3.8) is 0 Å². The number of hydrogen-bond donors (Lipinski definition) is 3. The van der Waals surface area contributed by atoms with E-state index in [1.54, 1.807) is 0 Å². The standard InChI is InChI=1S/C18H22F3N3O3/c19-18(20,21)14-3-1-2-11(4-14)9-24-10-12(5-16(24)26)17(27)23-7-13-6-22-8-15(13)25/h1-4,12-13,15,22,25H,5-10H2,(H,23,27). The Bertz CT molecular complexity index is 711. The Morgan fingerprint density at radius 1 is 1.33 bits per heavy atom. The van der Waals surface area contributed by atoms with E-state index < -0.39 is 23.8 Å². The van der Waals surface area contributed by atoms with Crippen LogP contribution in [0.1, 0.15) is 17.5 Å². The first kappa shape index (κ1) is 19.6. The van der Waals surface area contributed by atoms with E-state index in [1.807, 2.05) is 0 Å². The number of nitrogens with one attached hydrogen (secondary N) is 2. The van der Waals surface area contributed by atoms with E-state index in [2.05, 4.69) is 10.6 Å². The summed E-state index contributed by atoms with van der Waals surface area (Å²) in [6.45, 7) is 1.65. The van der Waals surface area contributed by atoms with E-state index in [1.165, 1.54) is 17.0 Å². The maximum absolute atomic E-state index is 12.8. The van der Waals surface area contributed by atoms with Gasteiger partial charge in [0.15, 0.2) is 0 Å². The minimum absolute atomic E-state index is 0.0380. The van der Waals surface area contributed by atoms with Gasteiger partial charge in [-0.15, -0.1) is 0 Å². The van der Waals surface area contributed by atoms with Gasteiger partial charge in [0.1, 0.15) is 0 Å². The predicted octanol–water partition coefficient (Wildman–Crippen LogP) is 0.750. The lowest BCUT2D eigenvalue weighted by Gasteiger charge is -2.18. The molecule has 0 bridgehead atoms. The van der Waals surface area contributed by atoms with Gasteiger partial charge >= 0.3 is 6.18 Å². The first-order valence-electron chi connectivity index (χ1n) is 8.84. The molecule has 3 unspecified atom stereocenters. The SMILES string of the molecule is O=C(NCC1CNCC1O)C1CC(=O)N(Cc2cccc(C(F)(F)F)c2)C1. The van der Waals surface area contributed by atoms with Crippen molar-refractivity contribution in [1.29, 1.82) is 0 Å². The number of likely N-dealkylation sites (tertiary alicyclic amines) is 1. The second-order valence-electron chi connectivity index (χ2n) is 7.10. The average molecular weight is 385 g/mol. The van der Waals surface area contributed by atoms with Gasteiger partial charge in [0.05, 0.1) is 17.6 Å². The topological polar surface area (TPSA) is 81.7 Å². The van der Waals surface area contributed by atoms with E-state index in [0.717, 1.165) is 12.1 Å². The molecule has 2 aliphatic rings. The molecule has 0 spiro atoms. The lowest BCUT2D eigenvalue weighted by molar-refractivity contribution is -0.137. The molecule has 2 saturated heterocycles. The van der Waals surface area contributed by atoms with Crippen molar-refractivity contribution in [2.24, 2.45) is 11.8 Å². The number of alkyl halides is 3. The van der Waals surface area contributed by atoms with Gasteiger partial charge in [-0.2, -0.15) is 13.2 Å². The Morgan fingerprint density at radius 2 is 2.11 bits per heavy atom. The number of halogens is 3. The van der Waals surface area contributed by atoms with Gasteiger partial charge in [-0.1, -0.05) is 12.1 Å². The van der Waals surface area contributed by atoms with E-state index in [0.29, 0.717) is 25.2 Å². The summed E-state index contributed by atoms with van der Waals surface area (Å²) in [5, 5.41) is 15.5. The van der Waals surface area contributed by atoms with E-state index in [-0.39, 0.29) is 37.2 Å². The van der Waals surface area contributed by atoms with Crippen molar-refractivity contribution in [1.82, 2.24) is 15.5 Å². The van der Waals surface area contributed by atoms with Gasteiger partial charge in [-0.3, -0.25) is 9.59 Å². The molecule has 2 amide bonds. The summed E-state index contributed by atoms with van der Waals surface area (Å²) in [6, 6.07) is 4.85. The molecule has 2 fully saturated rings. The number of hydrogen-bond acceptors (Lipinski definition) is 4. The van der Waals surface area contributed by atoms with Crippen LogP contribution in [0.25, 0.3) is 0 Å². The van der Waals surface area contributed by atoms with Crippen LogP contribution in [0.15, 0.2) is 24.3 Å². The minimum atomic E-state index is -4.44. The fraction of sp³-hybridized carbons (Fsp3) is 0.556. The Morgan fingerprint density at radius 3 is 2.78 bits per heavy atom. The van der Waals surface area contributed by atoms with Crippen molar-refractivity contribution in [3.05, 3.63) is 35.4 Å². The maximum atomic E-state index is 12.8. The average Bonchev–Trinajstić information content (AvgIpc) is 3.18. The zero-order valence-corrected chi connectivity index (χ0v) is 14.6. The summed E-state index contributed by atoms with van der Waals surface area (Å²) < 4.78 is 38.4. The van der Waals surface area contributed by atoms with Crippen molar-refractivity contribution >= 4 is 11.8 Å². The van der Waals surface area contributed by atoms with Crippen LogP contribution >= 0.6 is 0 Å². The quantitative estimate of drug-likeness (QED) is 0.699. The van der Waals surface area contributed by atoms with Crippen molar-refractivity contribution in [2.75, 3.05) is 26.2 Å². The smallest absolute Gasteiger partial charge is 0.391 e. The highest BCUT2D eigenvalue weighted by atomic mass is 19.4. The molecule has 0 saturated carbocycles. The number of aliphatic hydroxyl groups is 1. The summed E-state index contributed by atoms with van der Waals surface area (Å²) in [4.78, 5) is 25.9. The second-order valence-corrected chi connectivity index (χ2v) is 7.10. The zero-order valence-electron chi connectivity index (χ0n) is 14.6. The first-order valence-corrected chi connectivity index (χ1v) is 8.84. The number of nitrogens with zero attached hydrogens (tertiary/aromatic N) is 1. The van der Waals surface area contributed by atoms with Gasteiger partial charge in [0, 0.05) is 45.1 Å². The number of carbonyl (C=O) groups is 2. The molecule has 1 aromatic rings. The molecule has 148 valence electrons. The molecular weight excluding hydrogens is 363 g/mol. The number of rotatable bonds is 5. The molecular formula is C18H22F3N3O3. The van der Waals surface area contributed by atoms with Crippen molar-refractivity contribution in [2.45, 2.75) is 25.2 Å². The summed E-state index contributed by atoms with van der Waals surface area (Å²) in [5.41, 5.74) is -0.385. The lowest BCUT2D eigenvalue weighted by Crippen LogP contribution is -2.38. The molecule has 3 rings (SSSR count). The molecule has 2 aliphatic heterocycles. The number of carbonyl (C=O) groups excluding carboxylic acids is 2. The Labute approximate surface area is 154 Å².